The van der Waals surface area contributed by atoms with Gasteiger partial charge >= 0.3 is 5.97 Å². The maximum Gasteiger partial charge on any atom is 0.307 e. The van der Waals surface area contributed by atoms with Gasteiger partial charge < -0.3 is 18.8 Å². The molecule has 1 aliphatic heterocycles. The van der Waals surface area contributed by atoms with Crippen LogP contribution in [0, 0.1) is 0 Å². The van der Waals surface area contributed by atoms with E-state index in [0.29, 0.717) is 18.8 Å². The van der Waals surface area contributed by atoms with E-state index in [0.717, 1.165) is 23.4 Å². The van der Waals surface area contributed by atoms with Crippen LogP contribution in [0.4, 0.5) is 0 Å². The van der Waals surface area contributed by atoms with Crippen LogP contribution in [0.1, 0.15) is 29.8 Å². The maximum absolute atomic E-state index is 12.9. The van der Waals surface area contributed by atoms with Crippen molar-refractivity contribution in [2.75, 3.05) is 26.8 Å². The lowest BCUT2D eigenvalue weighted by atomic mass is 10.2. The van der Waals surface area contributed by atoms with E-state index in [2.05, 4.69) is 9.72 Å². The first-order valence-corrected chi connectivity index (χ1v) is 9.01. The zero-order valence-corrected chi connectivity index (χ0v) is 14.8. The molecular formula is C17H20N2O5S. The largest absolute Gasteiger partial charge is 0.472 e. The van der Waals surface area contributed by atoms with Gasteiger partial charge in [-0.05, 0) is 18.9 Å². The maximum atomic E-state index is 12.9. The molecule has 2 aromatic heterocycles. The minimum absolute atomic E-state index is 0.00794. The SMILES string of the molecule is COC(=O)CCN(CC1CCCO1)C(=O)c1csc(-c2ccoc2)n1. The molecule has 1 atom stereocenters. The van der Waals surface area contributed by atoms with Crippen molar-refractivity contribution in [1.82, 2.24) is 9.88 Å². The lowest BCUT2D eigenvalue weighted by Crippen LogP contribution is -2.39. The number of carbonyl (C=O) groups excluding carboxylic acids is 2. The second-order valence-electron chi connectivity index (χ2n) is 5.76. The smallest absolute Gasteiger partial charge is 0.307 e. The monoisotopic (exact) mass is 364 g/mol. The van der Waals surface area contributed by atoms with Crippen molar-refractivity contribution >= 4 is 23.2 Å². The Bertz CT molecular complexity index is 706. The van der Waals surface area contributed by atoms with Crippen LogP contribution in [-0.2, 0) is 14.3 Å². The second-order valence-corrected chi connectivity index (χ2v) is 6.62. The van der Waals surface area contributed by atoms with Crippen molar-refractivity contribution in [2.24, 2.45) is 0 Å². The highest BCUT2D eigenvalue weighted by atomic mass is 32.1. The second kappa shape index (κ2) is 8.26. The summed E-state index contributed by atoms with van der Waals surface area (Å²) >= 11 is 1.38. The normalized spacial score (nSPS) is 16.8. The number of hydrogen-bond acceptors (Lipinski definition) is 7. The highest BCUT2D eigenvalue weighted by molar-refractivity contribution is 7.13. The van der Waals surface area contributed by atoms with E-state index < -0.39 is 0 Å². The van der Waals surface area contributed by atoms with Crippen LogP contribution in [0.2, 0.25) is 0 Å². The van der Waals surface area contributed by atoms with Crippen molar-refractivity contribution < 1.29 is 23.5 Å². The molecule has 1 aliphatic rings. The third-order valence-electron chi connectivity index (χ3n) is 4.04. The van der Waals surface area contributed by atoms with Crippen LogP contribution in [0.3, 0.4) is 0 Å². The van der Waals surface area contributed by atoms with E-state index >= 15 is 0 Å². The van der Waals surface area contributed by atoms with Gasteiger partial charge in [-0.1, -0.05) is 0 Å². The Morgan fingerprint density at radius 2 is 2.36 bits per heavy atom. The molecule has 3 heterocycles. The molecule has 0 bridgehead atoms. The molecule has 0 aromatic carbocycles. The van der Waals surface area contributed by atoms with Gasteiger partial charge in [-0.15, -0.1) is 11.3 Å². The molecule has 3 rings (SSSR count). The van der Waals surface area contributed by atoms with Gasteiger partial charge in [0.15, 0.2) is 0 Å². The van der Waals surface area contributed by atoms with E-state index in [-0.39, 0.29) is 30.9 Å². The van der Waals surface area contributed by atoms with Crippen LogP contribution in [0.5, 0.6) is 0 Å². The summed E-state index contributed by atoms with van der Waals surface area (Å²) in [4.78, 5) is 30.3. The van der Waals surface area contributed by atoms with Gasteiger partial charge in [-0.2, -0.15) is 0 Å². The lowest BCUT2D eigenvalue weighted by Gasteiger charge is -2.24. The molecule has 0 spiro atoms. The molecule has 7 nitrogen and oxygen atoms in total. The standard InChI is InChI=1S/C17H20N2O5S/c1-22-15(20)4-6-19(9-13-3-2-7-24-13)17(21)14-11-25-16(18-14)12-5-8-23-10-12/h5,8,10-11,13H,2-4,6-7,9H2,1H3. The number of aromatic nitrogens is 1. The summed E-state index contributed by atoms with van der Waals surface area (Å²) in [6.45, 7) is 1.45. The van der Waals surface area contributed by atoms with Crippen LogP contribution >= 0.6 is 11.3 Å². The van der Waals surface area contributed by atoms with Crippen molar-refractivity contribution in [3.63, 3.8) is 0 Å². The Hall–Kier alpha value is -2.19. The molecule has 0 saturated carbocycles. The van der Waals surface area contributed by atoms with Gasteiger partial charge in [0, 0.05) is 30.6 Å². The van der Waals surface area contributed by atoms with Crippen LogP contribution in [0.15, 0.2) is 28.4 Å². The molecular weight excluding hydrogens is 344 g/mol. The zero-order chi connectivity index (χ0) is 17.6. The Kier molecular flexibility index (Phi) is 5.83. The molecule has 1 unspecified atom stereocenters. The van der Waals surface area contributed by atoms with Gasteiger partial charge in [-0.25, -0.2) is 4.98 Å². The number of carbonyl (C=O) groups is 2. The summed E-state index contributed by atoms with van der Waals surface area (Å²) in [6, 6.07) is 1.80. The van der Waals surface area contributed by atoms with Gasteiger partial charge in [0.25, 0.3) is 5.91 Å². The summed E-state index contributed by atoms with van der Waals surface area (Å²) in [6.07, 6.45) is 5.22. The molecule has 134 valence electrons. The third kappa shape index (κ3) is 4.46. The molecule has 1 fully saturated rings. The number of methoxy groups -OCH3 is 1. The van der Waals surface area contributed by atoms with Gasteiger partial charge in [-0.3, -0.25) is 9.59 Å². The Morgan fingerprint density at radius 3 is 3.04 bits per heavy atom. The Morgan fingerprint density at radius 1 is 1.48 bits per heavy atom. The topological polar surface area (TPSA) is 81.9 Å². The Balaban J connectivity index is 1.71. The van der Waals surface area contributed by atoms with E-state index in [4.69, 9.17) is 9.15 Å². The average Bonchev–Trinajstić information content (AvgIpc) is 3.38. The van der Waals surface area contributed by atoms with Crippen molar-refractivity contribution in [3.8, 4) is 10.6 Å². The zero-order valence-electron chi connectivity index (χ0n) is 14.0. The number of thiazole rings is 1. The number of hydrogen-bond donors (Lipinski definition) is 0. The molecule has 25 heavy (non-hydrogen) atoms. The van der Waals surface area contributed by atoms with Gasteiger partial charge in [0.1, 0.15) is 17.0 Å². The highest BCUT2D eigenvalue weighted by Gasteiger charge is 2.25. The summed E-state index contributed by atoms with van der Waals surface area (Å²) in [7, 11) is 1.34. The van der Waals surface area contributed by atoms with E-state index in [1.807, 2.05) is 0 Å². The van der Waals surface area contributed by atoms with Crippen LogP contribution in [-0.4, -0.2) is 54.7 Å². The minimum atomic E-state index is -0.345. The number of rotatable bonds is 7. The number of nitrogens with zero attached hydrogens (tertiary/aromatic N) is 2. The van der Waals surface area contributed by atoms with E-state index in [1.165, 1.54) is 18.4 Å². The molecule has 1 amide bonds. The first-order valence-electron chi connectivity index (χ1n) is 8.13. The molecule has 8 heteroatoms. The number of amides is 1. The molecule has 0 N–H and O–H groups in total. The first kappa shape index (κ1) is 17.6. The Labute approximate surface area is 149 Å². The van der Waals surface area contributed by atoms with Gasteiger partial charge in [0.2, 0.25) is 0 Å². The third-order valence-corrected chi connectivity index (χ3v) is 4.93. The predicted molar refractivity (Wildman–Crippen MR) is 91.3 cm³/mol. The van der Waals surface area contributed by atoms with E-state index in [1.54, 1.807) is 28.9 Å². The lowest BCUT2D eigenvalue weighted by molar-refractivity contribution is -0.140. The first-order chi connectivity index (χ1) is 12.2. The van der Waals surface area contributed by atoms with Crippen molar-refractivity contribution in [1.29, 1.82) is 0 Å². The van der Waals surface area contributed by atoms with Crippen molar-refractivity contribution in [3.05, 3.63) is 29.7 Å². The molecule has 0 radical (unpaired) electrons. The quantitative estimate of drug-likeness (QED) is 0.703. The van der Waals surface area contributed by atoms with Gasteiger partial charge in [0.05, 0.1) is 25.9 Å². The summed E-state index contributed by atoms with van der Waals surface area (Å²) < 4.78 is 15.4. The number of ether oxygens (including phenoxy) is 2. The molecule has 2 aromatic rings. The number of esters is 1. The fourth-order valence-electron chi connectivity index (χ4n) is 2.69. The number of furan rings is 1. The summed E-state index contributed by atoms with van der Waals surface area (Å²) in [5, 5.41) is 2.45. The van der Waals surface area contributed by atoms with Crippen LogP contribution < -0.4 is 0 Å². The highest BCUT2D eigenvalue weighted by Crippen LogP contribution is 2.25. The minimum Gasteiger partial charge on any atom is -0.472 e. The van der Waals surface area contributed by atoms with Crippen molar-refractivity contribution in [2.45, 2.75) is 25.4 Å². The van der Waals surface area contributed by atoms with Crippen LogP contribution in [0.25, 0.3) is 10.6 Å². The average molecular weight is 364 g/mol. The van der Waals surface area contributed by atoms with E-state index in [9.17, 15) is 9.59 Å². The fraction of sp³-hybridized carbons (Fsp3) is 0.471. The fourth-order valence-corrected chi connectivity index (χ4v) is 3.47. The summed E-state index contributed by atoms with van der Waals surface area (Å²) in [5.74, 6) is -0.548. The molecule has 1 saturated heterocycles. The predicted octanol–water partition coefficient (Wildman–Crippen LogP) is 2.59. The molecule has 0 aliphatic carbocycles. The summed E-state index contributed by atoms with van der Waals surface area (Å²) in [5.41, 5.74) is 1.20.